The highest BCUT2D eigenvalue weighted by Gasteiger charge is 2.12. The molecule has 0 aromatic heterocycles. The van der Waals surface area contributed by atoms with Crippen molar-refractivity contribution in [3.8, 4) is 6.07 Å². The van der Waals surface area contributed by atoms with Crippen molar-refractivity contribution in [2.75, 3.05) is 4.72 Å². The van der Waals surface area contributed by atoms with E-state index >= 15 is 0 Å². The Morgan fingerprint density at radius 3 is 2.56 bits per heavy atom. The fourth-order valence-electron chi connectivity index (χ4n) is 0.981. The van der Waals surface area contributed by atoms with Crippen LogP contribution in [0.15, 0.2) is 18.2 Å². The molecular formula is C7H6N4O4S. The van der Waals surface area contributed by atoms with Crippen molar-refractivity contribution in [2.24, 2.45) is 5.14 Å². The Bertz CT molecular complexity index is 575. The third-order valence-electron chi connectivity index (χ3n) is 1.59. The van der Waals surface area contributed by atoms with Crippen LogP contribution >= 0.6 is 0 Å². The molecule has 0 saturated carbocycles. The Kier molecular flexibility index (Phi) is 3.07. The molecule has 3 N–H and O–H groups in total. The minimum Gasteiger partial charge on any atom is -0.270 e. The van der Waals surface area contributed by atoms with Gasteiger partial charge in [0.25, 0.3) is 15.9 Å². The predicted octanol–water partition coefficient (Wildman–Crippen LogP) is 0.0819. The minimum atomic E-state index is -4.01. The van der Waals surface area contributed by atoms with Gasteiger partial charge < -0.3 is 0 Å². The first-order chi connectivity index (χ1) is 7.33. The summed E-state index contributed by atoms with van der Waals surface area (Å²) in [6.07, 6.45) is 0. The number of rotatable bonds is 3. The van der Waals surface area contributed by atoms with Crippen LogP contribution in [0.5, 0.6) is 0 Å². The van der Waals surface area contributed by atoms with Crippen molar-refractivity contribution in [3.63, 3.8) is 0 Å². The van der Waals surface area contributed by atoms with E-state index in [2.05, 4.69) is 0 Å². The molecule has 0 unspecified atom stereocenters. The second-order valence-electron chi connectivity index (χ2n) is 2.75. The Balaban J connectivity index is 3.24. The molecule has 0 heterocycles. The van der Waals surface area contributed by atoms with Gasteiger partial charge >= 0.3 is 0 Å². The van der Waals surface area contributed by atoms with E-state index in [1.165, 1.54) is 0 Å². The summed E-state index contributed by atoms with van der Waals surface area (Å²) < 4.78 is 23.3. The maximum absolute atomic E-state index is 10.7. The number of hydrogen-bond acceptors (Lipinski definition) is 5. The molecule has 8 nitrogen and oxygen atoms in total. The molecule has 0 atom stereocenters. The Morgan fingerprint density at radius 1 is 1.50 bits per heavy atom. The fourth-order valence-corrected chi connectivity index (χ4v) is 1.47. The van der Waals surface area contributed by atoms with Gasteiger partial charge in [-0.3, -0.25) is 14.8 Å². The van der Waals surface area contributed by atoms with Crippen molar-refractivity contribution in [1.82, 2.24) is 0 Å². The van der Waals surface area contributed by atoms with Gasteiger partial charge in [-0.2, -0.15) is 13.7 Å². The lowest BCUT2D eigenvalue weighted by atomic mass is 10.2. The van der Waals surface area contributed by atoms with E-state index in [9.17, 15) is 18.5 Å². The summed E-state index contributed by atoms with van der Waals surface area (Å²) in [5, 5.41) is 23.8. The minimum absolute atomic E-state index is 0.101. The lowest BCUT2D eigenvalue weighted by Crippen LogP contribution is -2.22. The van der Waals surface area contributed by atoms with Crippen LogP contribution in [0, 0.1) is 21.4 Å². The van der Waals surface area contributed by atoms with Gasteiger partial charge in [0, 0.05) is 12.1 Å². The highest BCUT2D eigenvalue weighted by molar-refractivity contribution is 7.90. The van der Waals surface area contributed by atoms with Crippen molar-refractivity contribution < 1.29 is 13.3 Å². The molecule has 9 heteroatoms. The smallest absolute Gasteiger partial charge is 0.270 e. The zero-order valence-electron chi connectivity index (χ0n) is 7.75. The Hall–Kier alpha value is -2.18. The number of nitrogens with one attached hydrogen (secondary N) is 1. The first-order valence-electron chi connectivity index (χ1n) is 3.82. The molecule has 0 saturated heterocycles. The molecule has 16 heavy (non-hydrogen) atoms. The fraction of sp³-hybridized carbons (Fsp3) is 0. The number of hydrogen-bond donors (Lipinski definition) is 2. The van der Waals surface area contributed by atoms with Gasteiger partial charge in [0.2, 0.25) is 0 Å². The topological polar surface area (TPSA) is 139 Å². The van der Waals surface area contributed by atoms with Crippen LogP contribution in [0.2, 0.25) is 0 Å². The van der Waals surface area contributed by atoms with Gasteiger partial charge in [0.15, 0.2) is 0 Å². The van der Waals surface area contributed by atoms with E-state index in [1.54, 1.807) is 6.07 Å². The van der Waals surface area contributed by atoms with Crippen molar-refractivity contribution >= 4 is 21.6 Å². The summed E-state index contributed by atoms with van der Waals surface area (Å²) in [6, 6.07) is 4.74. The van der Waals surface area contributed by atoms with Crippen LogP contribution in [0.25, 0.3) is 0 Å². The third kappa shape index (κ3) is 2.91. The van der Waals surface area contributed by atoms with Crippen LogP contribution in [-0.2, 0) is 10.2 Å². The quantitative estimate of drug-likeness (QED) is 0.570. The number of nitrogens with zero attached hydrogens (tertiary/aromatic N) is 2. The van der Waals surface area contributed by atoms with Crippen LogP contribution in [0.1, 0.15) is 5.56 Å². The zero-order chi connectivity index (χ0) is 12.3. The summed E-state index contributed by atoms with van der Waals surface area (Å²) in [4.78, 5) is 9.71. The van der Waals surface area contributed by atoms with E-state index in [0.717, 1.165) is 18.2 Å². The molecular weight excluding hydrogens is 236 g/mol. The van der Waals surface area contributed by atoms with Crippen LogP contribution < -0.4 is 9.86 Å². The average Bonchev–Trinajstić information content (AvgIpc) is 2.15. The van der Waals surface area contributed by atoms with E-state index in [0.29, 0.717) is 0 Å². The molecule has 1 rings (SSSR count). The van der Waals surface area contributed by atoms with Gasteiger partial charge in [-0.15, -0.1) is 0 Å². The van der Waals surface area contributed by atoms with E-state index < -0.39 is 15.1 Å². The molecule has 0 aliphatic rings. The number of nitriles is 1. The molecule has 1 aromatic carbocycles. The summed E-state index contributed by atoms with van der Waals surface area (Å²) in [5.41, 5.74) is -0.588. The third-order valence-corrected chi connectivity index (χ3v) is 2.09. The number of nitro groups is 1. The first-order valence-corrected chi connectivity index (χ1v) is 5.37. The predicted molar refractivity (Wildman–Crippen MR) is 54.5 cm³/mol. The second kappa shape index (κ2) is 4.13. The first kappa shape index (κ1) is 11.9. The normalized spacial score (nSPS) is 10.5. The van der Waals surface area contributed by atoms with E-state index in [1.807, 2.05) is 4.72 Å². The van der Waals surface area contributed by atoms with Crippen molar-refractivity contribution in [2.45, 2.75) is 0 Å². The number of anilines is 1. The summed E-state index contributed by atoms with van der Waals surface area (Å²) in [7, 11) is -4.01. The lowest BCUT2D eigenvalue weighted by molar-refractivity contribution is -0.384. The molecule has 0 radical (unpaired) electrons. The summed E-state index contributed by atoms with van der Waals surface area (Å²) in [5.74, 6) is 0. The molecule has 0 amide bonds. The molecule has 0 spiro atoms. The SMILES string of the molecule is N#Cc1cc([N+](=O)[O-])ccc1NS(N)(=O)=O. The van der Waals surface area contributed by atoms with Crippen LogP contribution in [0.4, 0.5) is 11.4 Å². The van der Waals surface area contributed by atoms with Gasteiger partial charge in [-0.25, -0.2) is 5.14 Å². The average molecular weight is 242 g/mol. The summed E-state index contributed by atoms with van der Waals surface area (Å²) >= 11 is 0. The zero-order valence-corrected chi connectivity index (χ0v) is 8.56. The number of non-ortho nitro benzene ring substituents is 1. The maximum Gasteiger partial charge on any atom is 0.296 e. The molecule has 1 aromatic rings. The van der Waals surface area contributed by atoms with Crippen LogP contribution in [-0.4, -0.2) is 13.3 Å². The molecule has 0 aliphatic heterocycles. The Morgan fingerprint density at radius 2 is 2.12 bits per heavy atom. The highest BCUT2D eigenvalue weighted by atomic mass is 32.2. The van der Waals surface area contributed by atoms with Gasteiger partial charge in [0.05, 0.1) is 16.2 Å². The van der Waals surface area contributed by atoms with E-state index in [4.69, 9.17) is 10.4 Å². The largest absolute Gasteiger partial charge is 0.296 e. The second-order valence-corrected chi connectivity index (χ2v) is 4.04. The van der Waals surface area contributed by atoms with Crippen LogP contribution in [0.3, 0.4) is 0 Å². The Labute approximate surface area is 90.6 Å². The monoisotopic (exact) mass is 242 g/mol. The van der Waals surface area contributed by atoms with E-state index in [-0.39, 0.29) is 16.9 Å². The standard InChI is InChI=1S/C7H6N4O4S/c8-4-5-3-6(11(12)13)1-2-7(5)10-16(9,14)15/h1-3,10H,(H2,9,14,15). The van der Waals surface area contributed by atoms with Gasteiger partial charge in [0.1, 0.15) is 6.07 Å². The number of nitro benzene ring substituents is 1. The van der Waals surface area contributed by atoms with Crippen molar-refractivity contribution in [1.29, 1.82) is 5.26 Å². The number of nitrogens with two attached hydrogens (primary N) is 1. The van der Waals surface area contributed by atoms with Gasteiger partial charge in [-0.1, -0.05) is 0 Å². The van der Waals surface area contributed by atoms with Gasteiger partial charge in [-0.05, 0) is 6.07 Å². The molecule has 0 bridgehead atoms. The molecule has 0 aliphatic carbocycles. The summed E-state index contributed by atoms with van der Waals surface area (Å²) in [6.45, 7) is 0. The van der Waals surface area contributed by atoms with Crippen molar-refractivity contribution in [3.05, 3.63) is 33.9 Å². The highest BCUT2D eigenvalue weighted by Crippen LogP contribution is 2.21. The molecule has 0 fully saturated rings. The molecule has 84 valence electrons. The maximum atomic E-state index is 10.7. The lowest BCUT2D eigenvalue weighted by Gasteiger charge is -2.04. The number of benzene rings is 1.